The summed E-state index contributed by atoms with van der Waals surface area (Å²) in [5.41, 5.74) is 2.21. The quantitative estimate of drug-likeness (QED) is 0.795. The molecule has 0 fully saturated rings. The summed E-state index contributed by atoms with van der Waals surface area (Å²) in [6, 6.07) is 8.07. The Morgan fingerprint density at radius 1 is 1.35 bits per heavy atom. The van der Waals surface area contributed by atoms with Crippen LogP contribution in [0.4, 0.5) is 10.8 Å². The Morgan fingerprint density at radius 3 is 2.53 bits per heavy atom. The molecule has 1 heterocycles. The van der Waals surface area contributed by atoms with Crippen molar-refractivity contribution in [3.8, 4) is 0 Å². The first kappa shape index (κ1) is 12.1. The third-order valence-electron chi connectivity index (χ3n) is 2.41. The molecule has 0 radical (unpaired) electrons. The number of aldehydes is 1. The van der Waals surface area contributed by atoms with Crippen molar-refractivity contribution in [1.82, 2.24) is 4.98 Å². The van der Waals surface area contributed by atoms with E-state index < -0.39 is 0 Å². The summed E-state index contributed by atoms with van der Waals surface area (Å²) in [4.78, 5) is 17.2. The van der Waals surface area contributed by atoms with Gasteiger partial charge in [-0.25, -0.2) is 4.98 Å². The summed E-state index contributed by atoms with van der Waals surface area (Å²) in [5, 5.41) is 0.972. The zero-order valence-electron chi connectivity index (χ0n) is 9.48. The third-order valence-corrected chi connectivity index (χ3v) is 3.87. The van der Waals surface area contributed by atoms with E-state index in [9.17, 15) is 4.79 Å². The van der Waals surface area contributed by atoms with E-state index in [1.54, 1.807) is 0 Å². The van der Waals surface area contributed by atoms with E-state index in [0.717, 1.165) is 12.0 Å². The summed E-state index contributed by atoms with van der Waals surface area (Å²) in [7, 11) is 1.90. The minimum absolute atomic E-state index is 0.263. The number of aromatic nitrogens is 1. The summed E-state index contributed by atoms with van der Waals surface area (Å²) < 4.78 is 0. The lowest BCUT2D eigenvalue weighted by molar-refractivity contribution is 0.112. The van der Waals surface area contributed by atoms with Gasteiger partial charge >= 0.3 is 0 Å². The molecule has 88 valence electrons. The minimum atomic E-state index is 0.263. The number of hydrogen-bond donors (Lipinski definition) is 0. The Bertz CT molecular complexity index is 536. The van der Waals surface area contributed by atoms with E-state index in [1.807, 2.05) is 43.1 Å². The van der Waals surface area contributed by atoms with E-state index in [4.69, 9.17) is 11.6 Å². The van der Waals surface area contributed by atoms with Gasteiger partial charge < -0.3 is 4.90 Å². The van der Waals surface area contributed by atoms with E-state index in [-0.39, 0.29) is 5.15 Å². The van der Waals surface area contributed by atoms with Crippen molar-refractivity contribution in [2.75, 3.05) is 11.9 Å². The zero-order valence-corrected chi connectivity index (χ0v) is 11.0. The number of carbonyl (C=O) groups is 1. The average Bonchev–Trinajstić information content (AvgIpc) is 2.70. The van der Waals surface area contributed by atoms with Crippen molar-refractivity contribution >= 4 is 40.0 Å². The lowest BCUT2D eigenvalue weighted by Gasteiger charge is -2.15. The first-order chi connectivity index (χ1) is 8.11. The molecule has 0 N–H and O–H groups in total. The molecule has 17 heavy (non-hydrogen) atoms. The van der Waals surface area contributed by atoms with Crippen molar-refractivity contribution in [2.45, 2.75) is 6.92 Å². The van der Waals surface area contributed by atoms with Crippen molar-refractivity contribution in [3.05, 3.63) is 39.9 Å². The van der Waals surface area contributed by atoms with Crippen LogP contribution < -0.4 is 4.90 Å². The van der Waals surface area contributed by atoms with Crippen LogP contribution in [0, 0.1) is 6.92 Å². The van der Waals surface area contributed by atoms with Gasteiger partial charge in [-0.15, -0.1) is 0 Å². The van der Waals surface area contributed by atoms with Crippen LogP contribution >= 0.6 is 22.9 Å². The van der Waals surface area contributed by atoms with Crippen LogP contribution in [0.2, 0.25) is 5.15 Å². The van der Waals surface area contributed by atoms with Crippen LogP contribution in [0.5, 0.6) is 0 Å². The monoisotopic (exact) mass is 266 g/mol. The van der Waals surface area contributed by atoms with E-state index in [1.165, 1.54) is 16.9 Å². The smallest absolute Gasteiger partial charge is 0.191 e. The molecule has 0 aliphatic heterocycles. The normalized spacial score (nSPS) is 10.3. The largest absolute Gasteiger partial charge is 0.321 e. The fraction of sp³-hybridized carbons (Fsp3) is 0.167. The van der Waals surface area contributed by atoms with E-state index in [2.05, 4.69) is 4.98 Å². The molecule has 5 heteroatoms. The van der Waals surface area contributed by atoms with Gasteiger partial charge in [0.15, 0.2) is 16.6 Å². The Hall–Kier alpha value is -1.39. The molecule has 0 amide bonds. The number of aryl methyl sites for hydroxylation is 1. The second-order valence-electron chi connectivity index (χ2n) is 3.66. The zero-order chi connectivity index (χ0) is 12.4. The molecule has 0 aliphatic carbocycles. The summed E-state index contributed by atoms with van der Waals surface area (Å²) >= 11 is 7.12. The predicted octanol–water partition coefficient (Wildman–Crippen LogP) is 3.69. The van der Waals surface area contributed by atoms with Crippen molar-refractivity contribution in [1.29, 1.82) is 0 Å². The van der Waals surface area contributed by atoms with E-state index in [0.29, 0.717) is 10.0 Å². The van der Waals surface area contributed by atoms with Crippen LogP contribution in [-0.2, 0) is 0 Å². The lowest BCUT2D eigenvalue weighted by Crippen LogP contribution is -2.08. The third kappa shape index (κ3) is 2.48. The van der Waals surface area contributed by atoms with Crippen molar-refractivity contribution < 1.29 is 4.79 Å². The molecule has 0 saturated heterocycles. The van der Waals surface area contributed by atoms with Crippen LogP contribution in [-0.4, -0.2) is 18.3 Å². The molecule has 0 atom stereocenters. The maximum Gasteiger partial charge on any atom is 0.191 e. The number of benzene rings is 1. The Labute approximate surface area is 109 Å². The van der Waals surface area contributed by atoms with Gasteiger partial charge in [0, 0.05) is 12.7 Å². The number of hydrogen-bond acceptors (Lipinski definition) is 4. The van der Waals surface area contributed by atoms with Gasteiger partial charge in [0.05, 0.1) is 0 Å². The molecule has 0 spiro atoms. The van der Waals surface area contributed by atoms with Gasteiger partial charge in [0.2, 0.25) is 0 Å². The molecule has 2 rings (SSSR count). The van der Waals surface area contributed by atoms with Crippen LogP contribution in [0.3, 0.4) is 0 Å². The fourth-order valence-electron chi connectivity index (χ4n) is 1.40. The van der Waals surface area contributed by atoms with Crippen LogP contribution in [0.1, 0.15) is 15.2 Å². The minimum Gasteiger partial charge on any atom is -0.321 e. The number of nitrogens with zero attached hydrogens (tertiary/aromatic N) is 2. The predicted molar refractivity (Wildman–Crippen MR) is 71.8 cm³/mol. The molecule has 0 bridgehead atoms. The highest BCUT2D eigenvalue weighted by molar-refractivity contribution is 7.17. The molecule has 1 aromatic carbocycles. The highest BCUT2D eigenvalue weighted by Gasteiger charge is 2.13. The van der Waals surface area contributed by atoms with E-state index >= 15 is 0 Å². The molecule has 0 aliphatic rings. The summed E-state index contributed by atoms with van der Waals surface area (Å²) in [5.74, 6) is 0. The van der Waals surface area contributed by atoms with Crippen molar-refractivity contribution in [2.24, 2.45) is 0 Å². The number of carbonyl (C=O) groups excluding carboxylic acids is 1. The Kier molecular flexibility index (Phi) is 3.45. The average molecular weight is 267 g/mol. The fourth-order valence-corrected chi connectivity index (χ4v) is 2.44. The number of anilines is 2. The maximum atomic E-state index is 10.7. The maximum absolute atomic E-state index is 10.7. The Balaban J connectivity index is 2.32. The molecule has 1 aromatic heterocycles. The summed E-state index contributed by atoms with van der Waals surface area (Å²) in [6.07, 6.45) is 0.729. The lowest BCUT2D eigenvalue weighted by atomic mass is 10.2. The second-order valence-corrected chi connectivity index (χ2v) is 5.03. The molecule has 0 saturated carbocycles. The molecule has 2 aromatic rings. The van der Waals surface area contributed by atoms with Crippen LogP contribution in [0.25, 0.3) is 0 Å². The van der Waals surface area contributed by atoms with Gasteiger partial charge in [-0.3, -0.25) is 4.79 Å². The molecular formula is C12H11ClN2OS. The highest BCUT2D eigenvalue weighted by atomic mass is 35.5. The van der Waals surface area contributed by atoms with Crippen molar-refractivity contribution in [3.63, 3.8) is 0 Å². The highest BCUT2D eigenvalue weighted by Crippen LogP contribution is 2.31. The second kappa shape index (κ2) is 4.85. The van der Waals surface area contributed by atoms with Gasteiger partial charge in [-0.05, 0) is 19.1 Å². The topological polar surface area (TPSA) is 33.2 Å². The number of rotatable bonds is 3. The molecule has 3 nitrogen and oxygen atoms in total. The standard InChI is InChI=1S/C12H11ClN2OS/c1-8-3-5-9(6-4-8)15(2)12-14-11(13)10(7-16)17-12/h3-7H,1-2H3. The SMILES string of the molecule is Cc1ccc(N(C)c2nc(Cl)c(C=O)s2)cc1. The Morgan fingerprint density at radius 2 is 2.00 bits per heavy atom. The first-order valence-electron chi connectivity index (χ1n) is 5.03. The van der Waals surface area contributed by atoms with Gasteiger partial charge in [0.1, 0.15) is 4.88 Å². The van der Waals surface area contributed by atoms with Gasteiger partial charge in [0.25, 0.3) is 0 Å². The molecular weight excluding hydrogens is 256 g/mol. The van der Waals surface area contributed by atoms with Gasteiger partial charge in [-0.2, -0.15) is 0 Å². The van der Waals surface area contributed by atoms with Crippen LogP contribution in [0.15, 0.2) is 24.3 Å². The number of thiazole rings is 1. The first-order valence-corrected chi connectivity index (χ1v) is 6.23. The summed E-state index contributed by atoms with van der Waals surface area (Å²) in [6.45, 7) is 2.04. The number of halogens is 1. The van der Waals surface area contributed by atoms with Gasteiger partial charge in [-0.1, -0.05) is 40.6 Å². The molecule has 0 unspecified atom stereocenters.